The van der Waals surface area contributed by atoms with Crippen molar-refractivity contribution in [1.29, 1.82) is 0 Å². The second kappa shape index (κ2) is 9.54. The van der Waals surface area contributed by atoms with Gasteiger partial charge in [0.2, 0.25) is 5.91 Å². The van der Waals surface area contributed by atoms with Crippen LogP contribution in [0.4, 0.5) is 5.69 Å². The summed E-state index contributed by atoms with van der Waals surface area (Å²) < 4.78 is 0. The molecule has 5 nitrogen and oxygen atoms in total. The molecule has 2 aromatic rings. The molecular formula is C19H21N3O2S. The van der Waals surface area contributed by atoms with E-state index in [9.17, 15) is 9.59 Å². The zero-order valence-electron chi connectivity index (χ0n) is 14.0. The van der Waals surface area contributed by atoms with Crippen molar-refractivity contribution in [3.8, 4) is 0 Å². The average molecular weight is 355 g/mol. The summed E-state index contributed by atoms with van der Waals surface area (Å²) in [5, 5.41) is 8.48. The van der Waals surface area contributed by atoms with Gasteiger partial charge in [0.15, 0.2) is 5.11 Å². The molecule has 0 unspecified atom stereocenters. The van der Waals surface area contributed by atoms with E-state index in [1.807, 2.05) is 37.3 Å². The Balaban J connectivity index is 1.89. The molecule has 0 fully saturated rings. The molecule has 0 saturated carbocycles. The van der Waals surface area contributed by atoms with Gasteiger partial charge in [-0.2, -0.15) is 0 Å². The van der Waals surface area contributed by atoms with Crippen LogP contribution in [-0.4, -0.2) is 23.5 Å². The third-order valence-corrected chi connectivity index (χ3v) is 3.70. The number of benzene rings is 2. The van der Waals surface area contributed by atoms with Gasteiger partial charge in [-0.1, -0.05) is 42.5 Å². The predicted molar refractivity (Wildman–Crippen MR) is 104 cm³/mol. The van der Waals surface area contributed by atoms with Crippen LogP contribution >= 0.6 is 12.2 Å². The predicted octanol–water partition coefficient (Wildman–Crippen LogP) is 2.88. The van der Waals surface area contributed by atoms with Gasteiger partial charge in [-0.25, -0.2) is 0 Å². The standard InChI is InChI=1S/C19H21N3O2S/c1-2-20-18(24)15-10-6-7-11-16(15)21-19(25)22-17(23)13-12-14-8-4-3-5-9-14/h3-11H,2,12-13H2,1H3,(H,20,24)(H2,21,22,23,25). The minimum atomic E-state index is -0.191. The van der Waals surface area contributed by atoms with Gasteiger partial charge in [0.05, 0.1) is 11.3 Å². The molecule has 130 valence electrons. The third-order valence-electron chi connectivity index (χ3n) is 3.49. The first-order valence-corrected chi connectivity index (χ1v) is 8.53. The van der Waals surface area contributed by atoms with Crippen molar-refractivity contribution in [2.45, 2.75) is 19.8 Å². The first-order chi connectivity index (χ1) is 12.1. The van der Waals surface area contributed by atoms with Gasteiger partial charge >= 0.3 is 0 Å². The minimum Gasteiger partial charge on any atom is -0.352 e. The van der Waals surface area contributed by atoms with Crippen molar-refractivity contribution in [2.24, 2.45) is 0 Å². The van der Waals surface area contributed by atoms with Crippen LogP contribution < -0.4 is 16.0 Å². The van der Waals surface area contributed by atoms with Crippen LogP contribution in [0.2, 0.25) is 0 Å². The van der Waals surface area contributed by atoms with E-state index in [-0.39, 0.29) is 16.9 Å². The zero-order valence-corrected chi connectivity index (χ0v) is 14.9. The molecule has 0 aromatic heterocycles. The van der Waals surface area contributed by atoms with E-state index < -0.39 is 0 Å². The van der Waals surface area contributed by atoms with Crippen molar-refractivity contribution in [1.82, 2.24) is 10.6 Å². The third kappa shape index (κ3) is 6.00. The lowest BCUT2D eigenvalue weighted by atomic mass is 10.1. The van der Waals surface area contributed by atoms with E-state index >= 15 is 0 Å². The summed E-state index contributed by atoms with van der Waals surface area (Å²) in [4.78, 5) is 24.1. The number of carbonyl (C=O) groups excluding carboxylic acids is 2. The van der Waals surface area contributed by atoms with Crippen LogP contribution in [0.1, 0.15) is 29.3 Å². The number of amides is 2. The van der Waals surface area contributed by atoms with Gasteiger partial charge in [-0.15, -0.1) is 0 Å². The van der Waals surface area contributed by atoms with Crippen LogP contribution in [0, 0.1) is 0 Å². The maximum absolute atomic E-state index is 12.0. The van der Waals surface area contributed by atoms with E-state index in [1.165, 1.54) is 0 Å². The van der Waals surface area contributed by atoms with Crippen LogP contribution in [0.25, 0.3) is 0 Å². The Kier molecular flexibility index (Phi) is 7.10. The second-order valence-electron chi connectivity index (χ2n) is 5.39. The van der Waals surface area contributed by atoms with Gasteiger partial charge in [0.1, 0.15) is 0 Å². The highest BCUT2D eigenvalue weighted by Gasteiger charge is 2.12. The fourth-order valence-electron chi connectivity index (χ4n) is 2.29. The number of hydrogen-bond acceptors (Lipinski definition) is 3. The number of para-hydroxylation sites is 1. The van der Waals surface area contributed by atoms with Crippen LogP contribution in [-0.2, 0) is 11.2 Å². The first-order valence-electron chi connectivity index (χ1n) is 8.12. The smallest absolute Gasteiger partial charge is 0.253 e. The molecule has 6 heteroatoms. The molecule has 2 rings (SSSR count). The highest BCUT2D eigenvalue weighted by Crippen LogP contribution is 2.14. The Hall–Kier alpha value is -2.73. The maximum Gasteiger partial charge on any atom is 0.253 e. The minimum absolute atomic E-state index is 0.170. The fourth-order valence-corrected chi connectivity index (χ4v) is 2.51. The topological polar surface area (TPSA) is 70.2 Å². The summed E-state index contributed by atoms with van der Waals surface area (Å²) >= 11 is 5.18. The molecule has 0 spiro atoms. The van der Waals surface area contributed by atoms with Crippen LogP contribution in [0.3, 0.4) is 0 Å². The molecule has 0 aliphatic heterocycles. The number of carbonyl (C=O) groups is 2. The SMILES string of the molecule is CCNC(=O)c1ccccc1NC(=S)NC(=O)CCc1ccccc1. The molecule has 0 radical (unpaired) electrons. The summed E-state index contributed by atoms with van der Waals surface area (Å²) in [6.45, 7) is 2.39. The lowest BCUT2D eigenvalue weighted by Crippen LogP contribution is -2.35. The van der Waals surface area contributed by atoms with Gasteiger partial charge in [-0.3, -0.25) is 9.59 Å². The van der Waals surface area contributed by atoms with Crippen molar-refractivity contribution >= 4 is 34.8 Å². The number of nitrogens with one attached hydrogen (secondary N) is 3. The van der Waals surface area contributed by atoms with Crippen molar-refractivity contribution in [3.05, 3.63) is 65.7 Å². The first kappa shape index (κ1) is 18.6. The quantitative estimate of drug-likeness (QED) is 0.697. The number of aryl methyl sites for hydroxylation is 1. The van der Waals surface area contributed by atoms with E-state index in [0.717, 1.165) is 5.56 Å². The Morgan fingerprint density at radius 2 is 1.68 bits per heavy atom. The normalized spacial score (nSPS) is 9.96. The Bertz CT molecular complexity index is 747. The van der Waals surface area contributed by atoms with Crippen molar-refractivity contribution in [3.63, 3.8) is 0 Å². The number of hydrogen-bond donors (Lipinski definition) is 3. The molecule has 0 atom stereocenters. The largest absolute Gasteiger partial charge is 0.352 e. The molecule has 0 aliphatic carbocycles. The van der Waals surface area contributed by atoms with Crippen LogP contribution in [0.15, 0.2) is 54.6 Å². The van der Waals surface area contributed by atoms with Gasteiger partial charge in [0.25, 0.3) is 5.91 Å². The van der Waals surface area contributed by atoms with Gasteiger partial charge in [0, 0.05) is 13.0 Å². The summed E-state index contributed by atoms with van der Waals surface area (Å²) in [7, 11) is 0. The molecule has 0 bridgehead atoms. The molecular weight excluding hydrogens is 334 g/mol. The van der Waals surface area contributed by atoms with Gasteiger partial charge in [-0.05, 0) is 43.3 Å². The molecule has 0 aliphatic rings. The van der Waals surface area contributed by atoms with E-state index in [1.54, 1.807) is 24.3 Å². The molecule has 0 heterocycles. The molecule has 25 heavy (non-hydrogen) atoms. The molecule has 2 amide bonds. The van der Waals surface area contributed by atoms with Crippen LogP contribution in [0.5, 0.6) is 0 Å². The molecule has 2 aromatic carbocycles. The summed E-state index contributed by atoms with van der Waals surface area (Å²) in [5.41, 5.74) is 2.13. The summed E-state index contributed by atoms with van der Waals surface area (Å²) in [6, 6.07) is 16.8. The summed E-state index contributed by atoms with van der Waals surface area (Å²) in [6.07, 6.45) is 0.981. The molecule has 0 saturated heterocycles. The average Bonchev–Trinajstić information content (AvgIpc) is 2.61. The Morgan fingerprint density at radius 1 is 1.00 bits per heavy atom. The lowest BCUT2D eigenvalue weighted by Gasteiger charge is -2.13. The van der Waals surface area contributed by atoms with E-state index in [0.29, 0.717) is 30.6 Å². The zero-order chi connectivity index (χ0) is 18.1. The van der Waals surface area contributed by atoms with Gasteiger partial charge < -0.3 is 16.0 Å². The maximum atomic E-state index is 12.0. The number of rotatable bonds is 6. The van der Waals surface area contributed by atoms with E-state index in [4.69, 9.17) is 12.2 Å². The van der Waals surface area contributed by atoms with Crippen molar-refractivity contribution < 1.29 is 9.59 Å². The summed E-state index contributed by atoms with van der Waals surface area (Å²) in [5.74, 6) is -0.361. The number of thiocarbonyl (C=S) groups is 1. The Labute approximate surface area is 152 Å². The number of anilines is 1. The lowest BCUT2D eigenvalue weighted by molar-refractivity contribution is -0.119. The van der Waals surface area contributed by atoms with E-state index in [2.05, 4.69) is 16.0 Å². The monoisotopic (exact) mass is 355 g/mol. The Morgan fingerprint density at radius 3 is 2.40 bits per heavy atom. The van der Waals surface area contributed by atoms with Crippen molar-refractivity contribution in [2.75, 3.05) is 11.9 Å². The highest BCUT2D eigenvalue weighted by atomic mass is 32.1. The second-order valence-corrected chi connectivity index (χ2v) is 5.80. The highest BCUT2D eigenvalue weighted by molar-refractivity contribution is 7.80. The fraction of sp³-hybridized carbons (Fsp3) is 0.211. The molecule has 3 N–H and O–H groups in total.